The molecule has 2 aliphatic rings. The second kappa shape index (κ2) is 5.79. The van der Waals surface area contributed by atoms with Crippen molar-refractivity contribution >= 4 is 21.6 Å². The van der Waals surface area contributed by atoms with Crippen LogP contribution in [0.1, 0.15) is 20.3 Å². The molecule has 0 N–H and O–H groups in total. The zero-order chi connectivity index (χ0) is 16.8. The molecule has 0 bridgehead atoms. The molecule has 0 aliphatic carbocycles. The molecule has 2 atom stereocenters. The molecule has 0 saturated carbocycles. The Morgan fingerprint density at radius 2 is 1.83 bits per heavy atom. The van der Waals surface area contributed by atoms with Gasteiger partial charge >= 0.3 is 0 Å². The molecule has 1 aromatic rings. The molecule has 1 fully saturated rings. The number of rotatable bonds is 2. The lowest BCUT2D eigenvalue weighted by atomic mass is 9.94. The molecule has 0 radical (unpaired) electrons. The van der Waals surface area contributed by atoms with Crippen LogP contribution in [0.5, 0.6) is 5.75 Å². The Balaban J connectivity index is 1.96. The van der Waals surface area contributed by atoms with E-state index in [1.54, 1.807) is 23.5 Å². The van der Waals surface area contributed by atoms with Crippen LogP contribution < -0.4 is 9.64 Å². The number of piperidine rings is 1. The molecule has 0 spiro atoms. The van der Waals surface area contributed by atoms with Crippen LogP contribution in [0.4, 0.5) is 5.69 Å². The molecular formula is C16H22N2O4S. The Bertz CT molecular complexity index is 722. The first kappa shape index (κ1) is 16.3. The molecule has 3 rings (SSSR count). The summed E-state index contributed by atoms with van der Waals surface area (Å²) < 4.78 is 32.8. The van der Waals surface area contributed by atoms with E-state index in [4.69, 9.17) is 4.74 Å². The number of carbonyl (C=O) groups excluding carboxylic acids is 1. The fraction of sp³-hybridized carbons (Fsp3) is 0.562. The van der Waals surface area contributed by atoms with E-state index in [0.717, 1.165) is 6.42 Å². The number of amides is 1. The van der Waals surface area contributed by atoms with Gasteiger partial charge in [-0.15, -0.1) is 0 Å². The lowest BCUT2D eigenvalue weighted by Crippen LogP contribution is -2.42. The number of sulfonamides is 1. The number of ether oxygens (including phenoxy) is 1. The summed E-state index contributed by atoms with van der Waals surface area (Å²) >= 11 is 0. The molecule has 126 valence electrons. The third kappa shape index (κ3) is 2.95. The maximum absolute atomic E-state index is 12.9. The Kier molecular flexibility index (Phi) is 4.10. The maximum atomic E-state index is 12.9. The minimum Gasteiger partial charge on any atom is -0.482 e. The summed E-state index contributed by atoms with van der Waals surface area (Å²) in [6.07, 6.45) is 1.04. The van der Waals surface area contributed by atoms with Crippen molar-refractivity contribution in [2.24, 2.45) is 11.8 Å². The molecule has 2 aliphatic heterocycles. The van der Waals surface area contributed by atoms with Crippen molar-refractivity contribution in [3.63, 3.8) is 0 Å². The van der Waals surface area contributed by atoms with Crippen molar-refractivity contribution in [2.75, 3.05) is 31.6 Å². The molecule has 1 saturated heterocycles. The van der Waals surface area contributed by atoms with Crippen LogP contribution in [-0.2, 0) is 14.8 Å². The Hall–Kier alpha value is -1.60. The van der Waals surface area contributed by atoms with E-state index in [-0.39, 0.29) is 17.4 Å². The van der Waals surface area contributed by atoms with Crippen LogP contribution >= 0.6 is 0 Å². The highest BCUT2D eigenvalue weighted by atomic mass is 32.2. The van der Waals surface area contributed by atoms with Gasteiger partial charge in [-0.05, 0) is 36.5 Å². The molecule has 1 amide bonds. The fourth-order valence-electron chi connectivity index (χ4n) is 3.36. The lowest BCUT2D eigenvalue weighted by Gasteiger charge is -2.34. The normalized spacial score (nSPS) is 25.9. The van der Waals surface area contributed by atoms with E-state index >= 15 is 0 Å². The summed E-state index contributed by atoms with van der Waals surface area (Å²) in [5, 5.41) is 0. The van der Waals surface area contributed by atoms with Crippen LogP contribution in [-0.4, -0.2) is 45.4 Å². The van der Waals surface area contributed by atoms with Gasteiger partial charge in [-0.3, -0.25) is 4.79 Å². The van der Waals surface area contributed by atoms with Crippen molar-refractivity contribution in [1.29, 1.82) is 0 Å². The molecule has 0 aromatic heterocycles. The first-order chi connectivity index (χ1) is 10.8. The van der Waals surface area contributed by atoms with Gasteiger partial charge in [-0.25, -0.2) is 8.42 Å². The number of anilines is 1. The average Bonchev–Trinajstić information content (AvgIpc) is 2.50. The highest BCUT2D eigenvalue weighted by molar-refractivity contribution is 7.89. The van der Waals surface area contributed by atoms with Crippen LogP contribution in [0.3, 0.4) is 0 Å². The molecule has 23 heavy (non-hydrogen) atoms. The predicted molar refractivity (Wildman–Crippen MR) is 87.1 cm³/mol. The van der Waals surface area contributed by atoms with E-state index in [2.05, 4.69) is 13.8 Å². The molecular weight excluding hydrogens is 316 g/mol. The van der Waals surface area contributed by atoms with Crippen LogP contribution in [0, 0.1) is 11.8 Å². The van der Waals surface area contributed by atoms with Gasteiger partial charge in [0.2, 0.25) is 10.0 Å². The summed E-state index contributed by atoms with van der Waals surface area (Å²) in [6, 6.07) is 4.72. The lowest BCUT2D eigenvalue weighted by molar-refractivity contribution is -0.120. The highest BCUT2D eigenvalue weighted by Crippen LogP contribution is 2.35. The number of fused-ring (bicyclic) bond motifs is 1. The smallest absolute Gasteiger partial charge is 0.264 e. The highest BCUT2D eigenvalue weighted by Gasteiger charge is 2.33. The topological polar surface area (TPSA) is 66.9 Å². The summed E-state index contributed by atoms with van der Waals surface area (Å²) in [6.45, 7) is 5.21. The van der Waals surface area contributed by atoms with Gasteiger partial charge in [-0.1, -0.05) is 13.8 Å². The van der Waals surface area contributed by atoms with Crippen molar-refractivity contribution in [2.45, 2.75) is 25.2 Å². The van der Waals surface area contributed by atoms with Crippen molar-refractivity contribution < 1.29 is 17.9 Å². The number of hydrogen-bond donors (Lipinski definition) is 0. The first-order valence-electron chi connectivity index (χ1n) is 7.82. The average molecular weight is 338 g/mol. The number of benzene rings is 1. The standard InChI is InChI=1S/C16H22N2O4S/c1-11-6-12(2)9-18(8-11)23(20,21)13-4-5-15-14(7-13)17(3)16(19)10-22-15/h4-5,7,11-12H,6,8-10H2,1-3H3/t11-,12-/m0/s1. The molecule has 6 nitrogen and oxygen atoms in total. The molecule has 0 unspecified atom stereocenters. The number of nitrogens with zero attached hydrogens (tertiary/aromatic N) is 2. The predicted octanol–water partition coefficient (Wildman–Crippen LogP) is 1.71. The second-order valence-corrected chi connectivity index (χ2v) is 8.58. The Labute approximate surface area is 137 Å². The Morgan fingerprint density at radius 1 is 1.17 bits per heavy atom. The Morgan fingerprint density at radius 3 is 2.48 bits per heavy atom. The van der Waals surface area contributed by atoms with Gasteiger partial charge in [0.15, 0.2) is 6.61 Å². The van der Waals surface area contributed by atoms with Gasteiger partial charge in [0.05, 0.1) is 10.6 Å². The van der Waals surface area contributed by atoms with Crippen molar-refractivity contribution in [3.05, 3.63) is 18.2 Å². The third-order valence-corrected chi connectivity index (χ3v) is 6.32. The molecule has 2 heterocycles. The van der Waals surface area contributed by atoms with Gasteiger partial charge in [-0.2, -0.15) is 4.31 Å². The zero-order valence-electron chi connectivity index (χ0n) is 13.7. The molecule has 1 aromatic carbocycles. The zero-order valence-corrected chi connectivity index (χ0v) is 14.5. The van der Waals surface area contributed by atoms with E-state index in [1.807, 2.05) is 0 Å². The van der Waals surface area contributed by atoms with E-state index in [9.17, 15) is 13.2 Å². The second-order valence-electron chi connectivity index (χ2n) is 6.64. The minimum absolute atomic E-state index is 0.0171. The maximum Gasteiger partial charge on any atom is 0.264 e. The monoisotopic (exact) mass is 338 g/mol. The largest absolute Gasteiger partial charge is 0.482 e. The van der Waals surface area contributed by atoms with Crippen LogP contribution in [0.2, 0.25) is 0 Å². The SMILES string of the molecule is C[C@H]1C[C@H](C)CN(S(=O)(=O)c2ccc3c(c2)N(C)C(=O)CO3)C1. The summed E-state index contributed by atoms with van der Waals surface area (Å²) in [4.78, 5) is 13.4. The summed E-state index contributed by atoms with van der Waals surface area (Å²) in [5.41, 5.74) is 0.500. The summed E-state index contributed by atoms with van der Waals surface area (Å²) in [5.74, 6) is 1.04. The van der Waals surface area contributed by atoms with E-state index in [0.29, 0.717) is 36.4 Å². The molecule has 7 heteroatoms. The van der Waals surface area contributed by atoms with E-state index < -0.39 is 10.0 Å². The van der Waals surface area contributed by atoms with Crippen molar-refractivity contribution in [3.8, 4) is 5.75 Å². The van der Waals surface area contributed by atoms with Crippen LogP contribution in [0.25, 0.3) is 0 Å². The fourth-order valence-corrected chi connectivity index (χ4v) is 5.06. The van der Waals surface area contributed by atoms with Gasteiger partial charge in [0.1, 0.15) is 5.75 Å². The van der Waals surface area contributed by atoms with Crippen LogP contribution in [0.15, 0.2) is 23.1 Å². The van der Waals surface area contributed by atoms with E-state index in [1.165, 1.54) is 11.0 Å². The minimum atomic E-state index is -3.56. The van der Waals surface area contributed by atoms with Gasteiger partial charge < -0.3 is 9.64 Å². The summed E-state index contributed by atoms with van der Waals surface area (Å²) in [7, 11) is -1.93. The van der Waals surface area contributed by atoms with Gasteiger partial charge in [0, 0.05) is 20.1 Å². The number of hydrogen-bond acceptors (Lipinski definition) is 4. The third-order valence-electron chi connectivity index (χ3n) is 4.49. The first-order valence-corrected chi connectivity index (χ1v) is 9.26. The number of likely N-dealkylation sites (N-methyl/N-ethyl adjacent to an activating group) is 1. The van der Waals surface area contributed by atoms with Gasteiger partial charge in [0.25, 0.3) is 5.91 Å². The van der Waals surface area contributed by atoms with Crippen molar-refractivity contribution in [1.82, 2.24) is 4.31 Å². The number of carbonyl (C=O) groups is 1. The quantitative estimate of drug-likeness (QED) is 0.823.